The van der Waals surface area contributed by atoms with E-state index < -0.39 is 0 Å². The summed E-state index contributed by atoms with van der Waals surface area (Å²) in [6, 6.07) is 10.3. The Morgan fingerprint density at radius 2 is 1.77 bits per heavy atom. The van der Waals surface area contributed by atoms with Crippen LogP contribution in [0, 0.1) is 20.8 Å². The molecule has 7 nitrogen and oxygen atoms in total. The SMILES string of the molecule is Cc1ccccc1CN1CCN(C(=O)c2ccn(Cn3nc(C)c(Br)c3C)n2)CC1. The van der Waals surface area contributed by atoms with Gasteiger partial charge in [0.1, 0.15) is 12.4 Å². The number of nitrogens with zero attached hydrogens (tertiary/aromatic N) is 6. The summed E-state index contributed by atoms with van der Waals surface area (Å²) in [5.41, 5.74) is 5.14. The molecule has 30 heavy (non-hydrogen) atoms. The number of hydrogen-bond acceptors (Lipinski definition) is 4. The summed E-state index contributed by atoms with van der Waals surface area (Å²) in [7, 11) is 0. The second kappa shape index (κ2) is 8.73. The molecule has 3 heterocycles. The summed E-state index contributed by atoms with van der Waals surface area (Å²) in [5, 5.41) is 9.00. The van der Waals surface area contributed by atoms with Crippen LogP contribution in [0.4, 0.5) is 0 Å². The molecule has 1 amide bonds. The maximum atomic E-state index is 12.9. The first kappa shape index (κ1) is 20.8. The van der Waals surface area contributed by atoms with Crippen LogP contribution < -0.4 is 0 Å². The molecule has 1 fully saturated rings. The van der Waals surface area contributed by atoms with Gasteiger partial charge in [0.05, 0.1) is 15.9 Å². The highest BCUT2D eigenvalue weighted by Gasteiger charge is 2.24. The van der Waals surface area contributed by atoms with Gasteiger partial charge in [-0.15, -0.1) is 0 Å². The molecule has 0 radical (unpaired) electrons. The largest absolute Gasteiger partial charge is 0.335 e. The molecule has 0 N–H and O–H groups in total. The van der Waals surface area contributed by atoms with Gasteiger partial charge in [-0.05, 0) is 53.9 Å². The first-order valence-corrected chi connectivity index (χ1v) is 11.0. The molecule has 2 aromatic heterocycles. The second-order valence-corrected chi connectivity index (χ2v) is 8.65. The van der Waals surface area contributed by atoms with Crippen LogP contribution in [-0.4, -0.2) is 61.4 Å². The number of rotatable bonds is 5. The van der Waals surface area contributed by atoms with E-state index in [1.165, 1.54) is 11.1 Å². The maximum absolute atomic E-state index is 12.9. The van der Waals surface area contributed by atoms with Gasteiger partial charge in [0.25, 0.3) is 5.91 Å². The van der Waals surface area contributed by atoms with Gasteiger partial charge >= 0.3 is 0 Å². The lowest BCUT2D eigenvalue weighted by Crippen LogP contribution is -2.48. The van der Waals surface area contributed by atoms with Crippen molar-refractivity contribution in [1.29, 1.82) is 0 Å². The molecule has 8 heteroatoms. The number of halogens is 1. The molecule has 158 valence electrons. The van der Waals surface area contributed by atoms with E-state index in [2.05, 4.69) is 62.2 Å². The van der Waals surface area contributed by atoms with Crippen LogP contribution in [-0.2, 0) is 13.2 Å². The first-order valence-electron chi connectivity index (χ1n) is 10.2. The van der Waals surface area contributed by atoms with Crippen molar-refractivity contribution in [3.63, 3.8) is 0 Å². The summed E-state index contributed by atoms with van der Waals surface area (Å²) in [6.45, 7) is 10.7. The zero-order valence-corrected chi connectivity index (χ0v) is 19.3. The normalized spacial score (nSPS) is 15.0. The molecule has 0 aliphatic carbocycles. The third-order valence-corrected chi connectivity index (χ3v) is 6.89. The quantitative estimate of drug-likeness (QED) is 0.574. The number of carbonyl (C=O) groups is 1. The van der Waals surface area contributed by atoms with Crippen molar-refractivity contribution in [2.45, 2.75) is 34.0 Å². The Kier molecular flexibility index (Phi) is 6.06. The van der Waals surface area contributed by atoms with E-state index in [9.17, 15) is 4.79 Å². The summed E-state index contributed by atoms with van der Waals surface area (Å²) in [4.78, 5) is 17.2. The highest BCUT2D eigenvalue weighted by atomic mass is 79.9. The first-order chi connectivity index (χ1) is 14.4. The average Bonchev–Trinajstić information content (AvgIpc) is 3.31. The Balaban J connectivity index is 1.34. The number of aryl methyl sites for hydroxylation is 2. The van der Waals surface area contributed by atoms with Gasteiger partial charge in [-0.25, -0.2) is 4.68 Å². The fraction of sp³-hybridized carbons (Fsp3) is 0.409. The van der Waals surface area contributed by atoms with E-state index in [-0.39, 0.29) is 5.91 Å². The van der Waals surface area contributed by atoms with Crippen LogP contribution in [0.2, 0.25) is 0 Å². The average molecular weight is 471 g/mol. The lowest BCUT2D eigenvalue weighted by Gasteiger charge is -2.34. The number of carbonyl (C=O) groups excluding carboxylic acids is 1. The van der Waals surface area contributed by atoms with Crippen LogP contribution in [0.15, 0.2) is 41.0 Å². The molecule has 1 aliphatic rings. The third kappa shape index (κ3) is 4.34. The van der Waals surface area contributed by atoms with Gasteiger partial charge in [0, 0.05) is 38.9 Å². The summed E-state index contributed by atoms with van der Waals surface area (Å²) in [5.74, 6) is -0.00107. The number of piperazine rings is 1. The summed E-state index contributed by atoms with van der Waals surface area (Å²) >= 11 is 3.55. The van der Waals surface area contributed by atoms with E-state index in [1.807, 2.05) is 29.6 Å². The minimum absolute atomic E-state index is 0.00107. The molecule has 1 saturated heterocycles. The second-order valence-electron chi connectivity index (χ2n) is 7.86. The fourth-order valence-corrected chi connectivity index (χ4v) is 4.09. The lowest BCUT2D eigenvalue weighted by molar-refractivity contribution is 0.0621. The predicted octanol–water partition coefficient (Wildman–Crippen LogP) is 3.23. The molecule has 4 rings (SSSR count). The van der Waals surface area contributed by atoms with Crippen LogP contribution in [0.25, 0.3) is 0 Å². The monoisotopic (exact) mass is 470 g/mol. The highest BCUT2D eigenvalue weighted by molar-refractivity contribution is 9.10. The molecule has 0 spiro atoms. The van der Waals surface area contributed by atoms with Crippen molar-refractivity contribution in [2.75, 3.05) is 26.2 Å². The number of hydrogen-bond donors (Lipinski definition) is 0. The van der Waals surface area contributed by atoms with E-state index >= 15 is 0 Å². The summed E-state index contributed by atoms with van der Waals surface area (Å²) in [6.07, 6.45) is 1.84. The molecule has 0 unspecified atom stereocenters. The van der Waals surface area contributed by atoms with Crippen LogP contribution in [0.1, 0.15) is 33.0 Å². The van der Waals surface area contributed by atoms with Crippen molar-refractivity contribution < 1.29 is 4.79 Å². The van der Waals surface area contributed by atoms with Gasteiger partial charge in [0.2, 0.25) is 0 Å². The number of aromatic nitrogens is 4. The van der Waals surface area contributed by atoms with Gasteiger partial charge in [-0.1, -0.05) is 24.3 Å². The van der Waals surface area contributed by atoms with Crippen LogP contribution in [0.3, 0.4) is 0 Å². The predicted molar refractivity (Wildman–Crippen MR) is 119 cm³/mol. The van der Waals surface area contributed by atoms with Crippen molar-refractivity contribution in [2.24, 2.45) is 0 Å². The van der Waals surface area contributed by atoms with E-state index in [1.54, 1.807) is 10.7 Å². The Morgan fingerprint density at radius 1 is 1.03 bits per heavy atom. The molecule has 1 aromatic carbocycles. The van der Waals surface area contributed by atoms with Crippen LogP contribution >= 0.6 is 15.9 Å². The van der Waals surface area contributed by atoms with Gasteiger partial charge in [-0.3, -0.25) is 14.4 Å². The summed E-state index contributed by atoms with van der Waals surface area (Å²) < 4.78 is 4.65. The Labute approximate surface area is 185 Å². The molecule has 0 atom stereocenters. The van der Waals surface area contributed by atoms with E-state index in [0.29, 0.717) is 12.4 Å². The fourth-order valence-electron chi connectivity index (χ4n) is 3.80. The Bertz CT molecular complexity index is 1050. The minimum atomic E-state index is -0.00107. The van der Waals surface area contributed by atoms with Gasteiger partial charge in [-0.2, -0.15) is 10.2 Å². The molecular weight excluding hydrogens is 444 g/mol. The topological polar surface area (TPSA) is 59.2 Å². The zero-order chi connectivity index (χ0) is 21.3. The number of amides is 1. The van der Waals surface area contributed by atoms with Crippen LogP contribution in [0.5, 0.6) is 0 Å². The van der Waals surface area contributed by atoms with Crippen molar-refractivity contribution >= 4 is 21.8 Å². The standard InChI is InChI=1S/C22H27BrN6O/c1-16-6-4-5-7-19(16)14-26-10-12-27(13-11-26)22(30)20-8-9-28(25-20)15-29-18(3)21(23)17(2)24-29/h4-9H,10-15H2,1-3H3. The van der Waals surface area contributed by atoms with Gasteiger partial charge < -0.3 is 4.90 Å². The minimum Gasteiger partial charge on any atom is -0.335 e. The van der Waals surface area contributed by atoms with Gasteiger partial charge in [0.15, 0.2) is 0 Å². The Morgan fingerprint density at radius 3 is 2.43 bits per heavy atom. The van der Waals surface area contributed by atoms with E-state index in [4.69, 9.17) is 0 Å². The molecule has 0 bridgehead atoms. The zero-order valence-electron chi connectivity index (χ0n) is 17.7. The Hall–Kier alpha value is -2.45. The van der Waals surface area contributed by atoms with Crippen molar-refractivity contribution in [1.82, 2.24) is 29.4 Å². The molecule has 3 aromatic rings. The number of benzene rings is 1. The van der Waals surface area contributed by atoms with E-state index in [0.717, 1.165) is 48.6 Å². The van der Waals surface area contributed by atoms with Crippen molar-refractivity contribution in [3.8, 4) is 0 Å². The third-order valence-electron chi connectivity index (χ3n) is 5.75. The molecule has 1 aliphatic heterocycles. The highest BCUT2D eigenvalue weighted by Crippen LogP contribution is 2.20. The molecular formula is C22H27BrN6O. The smallest absolute Gasteiger partial charge is 0.274 e. The lowest BCUT2D eigenvalue weighted by atomic mass is 10.1. The maximum Gasteiger partial charge on any atom is 0.274 e. The molecule has 0 saturated carbocycles. The van der Waals surface area contributed by atoms with Crippen molar-refractivity contribution in [3.05, 3.63) is 69.2 Å².